The van der Waals surface area contributed by atoms with Crippen molar-refractivity contribution in [1.82, 2.24) is 0 Å². The number of hydrogen-bond donors (Lipinski definition) is 3. The smallest absolute Gasteiger partial charge is 0.335 e. The van der Waals surface area contributed by atoms with E-state index in [9.17, 15) is 34.5 Å². The zero-order chi connectivity index (χ0) is 53.3. The molecule has 6 atom stereocenters. The van der Waals surface area contributed by atoms with Crippen molar-refractivity contribution in [3.05, 3.63) is 72.9 Å². The Morgan fingerprint density at radius 2 is 0.863 bits per heavy atom. The lowest BCUT2D eigenvalue weighted by Crippen LogP contribution is -2.61. The van der Waals surface area contributed by atoms with Crippen LogP contribution in [0.4, 0.5) is 0 Å². The van der Waals surface area contributed by atoms with Gasteiger partial charge in [-0.3, -0.25) is 14.4 Å². The molecule has 1 fully saturated rings. The van der Waals surface area contributed by atoms with Gasteiger partial charge in [-0.15, -0.1) is 0 Å². The molecule has 1 aliphatic rings. The van der Waals surface area contributed by atoms with Gasteiger partial charge in [0.1, 0.15) is 18.8 Å². The Morgan fingerprint density at radius 3 is 1.36 bits per heavy atom. The van der Waals surface area contributed by atoms with Crippen LogP contribution in [0.3, 0.4) is 0 Å². The lowest BCUT2D eigenvalue weighted by Gasteiger charge is -2.40. The summed E-state index contributed by atoms with van der Waals surface area (Å²) in [6.45, 7) is 5.80. The van der Waals surface area contributed by atoms with E-state index in [0.717, 1.165) is 135 Å². The summed E-state index contributed by atoms with van der Waals surface area (Å²) in [4.78, 5) is 51.0. The van der Waals surface area contributed by atoms with Gasteiger partial charge in [0.15, 0.2) is 24.6 Å². The van der Waals surface area contributed by atoms with Crippen molar-refractivity contribution in [3.63, 3.8) is 0 Å². The molecule has 1 rings (SSSR count). The summed E-state index contributed by atoms with van der Waals surface area (Å²) in [5.41, 5.74) is 0. The first-order valence-electron chi connectivity index (χ1n) is 28.9. The molecule has 0 aromatic carbocycles. The van der Waals surface area contributed by atoms with Crippen molar-refractivity contribution in [3.8, 4) is 0 Å². The molecule has 73 heavy (non-hydrogen) atoms. The second kappa shape index (κ2) is 49.1. The third kappa shape index (κ3) is 39.3. The van der Waals surface area contributed by atoms with Crippen LogP contribution in [0.1, 0.15) is 239 Å². The van der Waals surface area contributed by atoms with E-state index in [0.29, 0.717) is 19.3 Å². The molecular weight excluding hydrogens is 925 g/mol. The molecule has 1 heterocycles. The number of unbranched alkanes of at least 4 members (excludes halogenated alkanes) is 22. The largest absolute Gasteiger partial charge is 0.479 e. The molecule has 1 aliphatic heterocycles. The summed E-state index contributed by atoms with van der Waals surface area (Å²) in [7, 11) is 0. The van der Waals surface area contributed by atoms with Gasteiger partial charge < -0.3 is 39.0 Å². The summed E-state index contributed by atoms with van der Waals surface area (Å²) in [5.74, 6) is -3.17. The fourth-order valence-corrected chi connectivity index (χ4v) is 8.29. The maximum atomic E-state index is 13.1. The van der Waals surface area contributed by atoms with Crippen LogP contribution in [0.15, 0.2) is 72.9 Å². The highest BCUT2D eigenvalue weighted by Crippen LogP contribution is 2.26. The van der Waals surface area contributed by atoms with Gasteiger partial charge in [0.05, 0.1) is 6.61 Å². The molecule has 0 bridgehead atoms. The van der Waals surface area contributed by atoms with Crippen molar-refractivity contribution in [2.45, 2.75) is 276 Å². The fraction of sp³-hybridized carbons (Fsp3) is 0.738. The Labute approximate surface area is 442 Å². The van der Waals surface area contributed by atoms with Gasteiger partial charge in [0.2, 0.25) is 0 Å². The average Bonchev–Trinajstić information content (AvgIpc) is 3.37. The van der Waals surface area contributed by atoms with Crippen LogP contribution >= 0.6 is 0 Å². The predicted octanol–water partition coefficient (Wildman–Crippen LogP) is 14.6. The number of carboxylic acid groups (broad SMARTS) is 1. The monoisotopic (exact) mass is 1030 g/mol. The zero-order valence-corrected chi connectivity index (χ0v) is 45.9. The SMILES string of the molecule is CC/C=C\C/C=C\C/C=C\CCCCCCCC(=O)OCC(COC1OC(C(=O)O)C(O)C(O)C1OC(=O)CCCCCCC/C=C\CCCCCC)OC(=O)CCCCCCC/C=C\C/C=C\CCCCC. The molecule has 12 nitrogen and oxygen atoms in total. The van der Waals surface area contributed by atoms with Crippen molar-refractivity contribution in [1.29, 1.82) is 0 Å². The van der Waals surface area contributed by atoms with Crippen molar-refractivity contribution < 1.29 is 58.2 Å². The molecule has 0 saturated carbocycles. The minimum Gasteiger partial charge on any atom is -0.479 e. The highest BCUT2D eigenvalue weighted by molar-refractivity contribution is 5.74. The number of esters is 3. The van der Waals surface area contributed by atoms with Gasteiger partial charge in [-0.05, 0) is 109 Å². The van der Waals surface area contributed by atoms with Crippen LogP contribution < -0.4 is 0 Å². The molecule has 12 heteroatoms. The molecule has 0 amide bonds. The second-order valence-electron chi connectivity index (χ2n) is 19.5. The summed E-state index contributed by atoms with van der Waals surface area (Å²) in [6.07, 6.45) is 48.7. The molecule has 0 spiro atoms. The molecular formula is C61H102O12. The number of aliphatic hydroxyl groups is 2. The highest BCUT2D eigenvalue weighted by Gasteiger charge is 2.50. The summed E-state index contributed by atoms with van der Waals surface area (Å²) >= 11 is 0. The van der Waals surface area contributed by atoms with Crippen LogP contribution in [0.2, 0.25) is 0 Å². The van der Waals surface area contributed by atoms with Crippen LogP contribution in [0.5, 0.6) is 0 Å². The van der Waals surface area contributed by atoms with Crippen LogP contribution in [-0.4, -0.2) is 89.2 Å². The Kier molecular flexibility index (Phi) is 45.1. The summed E-state index contributed by atoms with van der Waals surface area (Å²) in [6, 6.07) is 0. The van der Waals surface area contributed by atoms with Crippen molar-refractivity contribution in [2.24, 2.45) is 0 Å². The maximum Gasteiger partial charge on any atom is 0.335 e. The Bertz CT molecular complexity index is 1550. The molecule has 0 aromatic heterocycles. The number of hydrogen-bond acceptors (Lipinski definition) is 11. The minimum atomic E-state index is -1.91. The summed E-state index contributed by atoms with van der Waals surface area (Å²) < 4.78 is 28.4. The number of carbonyl (C=O) groups is 4. The van der Waals surface area contributed by atoms with E-state index in [4.69, 9.17) is 23.7 Å². The number of aliphatic carboxylic acids is 1. The normalized spacial score (nSPS) is 18.8. The Hall–Kier alpha value is -3.84. The molecule has 0 aliphatic carbocycles. The molecule has 1 saturated heterocycles. The number of ether oxygens (including phenoxy) is 5. The third-order valence-corrected chi connectivity index (χ3v) is 12.7. The van der Waals surface area contributed by atoms with Crippen LogP contribution in [0, 0.1) is 0 Å². The van der Waals surface area contributed by atoms with Gasteiger partial charge in [0, 0.05) is 19.3 Å². The average molecular weight is 1030 g/mol. The second-order valence-corrected chi connectivity index (χ2v) is 19.5. The van der Waals surface area contributed by atoms with E-state index < -0.39 is 67.3 Å². The van der Waals surface area contributed by atoms with E-state index in [-0.39, 0.29) is 25.9 Å². The topological polar surface area (TPSA) is 175 Å². The standard InChI is InChI=1S/C61H102O12/c1-4-7-10-13-16-19-22-25-27-30-32-35-38-41-44-47-53(62)69-50-52(71-54(63)48-45-42-39-36-34-31-28-26-23-20-17-14-11-8-5-2)51-70-61-59(57(66)56(65)58(73-61)60(67)68)72-55(64)49-46-43-40-37-33-29-24-21-18-15-12-9-6-3/h7,10,16-17,19-21,24-28,52,56-59,61,65-66H,4-6,8-9,11-15,18,22-23,29-51H2,1-3H3,(H,67,68)/b10-7-,19-16-,20-17-,24-21-,27-25-,28-26-. The van der Waals surface area contributed by atoms with Crippen LogP contribution in [-0.2, 0) is 42.9 Å². The van der Waals surface area contributed by atoms with Gasteiger partial charge in [-0.2, -0.15) is 0 Å². The zero-order valence-electron chi connectivity index (χ0n) is 45.9. The van der Waals surface area contributed by atoms with E-state index >= 15 is 0 Å². The van der Waals surface area contributed by atoms with Gasteiger partial charge in [-0.25, -0.2) is 4.79 Å². The quantitative estimate of drug-likeness (QED) is 0.0228. The first-order valence-corrected chi connectivity index (χ1v) is 28.9. The molecule has 6 unspecified atom stereocenters. The van der Waals surface area contributed by atoms with Gasteiger partial charge >= 0.3 is 23.9 Å². The Balaban J connectivity index is 2.73. The number of rotatable bonds is 48. The predicted molar refractivity (Wildman–Crippen MR) is 294 cm³/mol. The van der Waals surface area contributed by atoms with Crippen molar-refractivity contribution in [2.75, 3.05) is 13.2 Å². The van der Waals surface area contributed by atoms with E-state index in [1.807, 2.05) is 0 Å². The lowest BCUT2D eigenvalue weighted by molar-refractivity contribution is -0.301. The Morgan fingerprint density at radius 1 is 0.466 bits per heavy atom. The van der Waals surface area contributed by atoms with E-state index in [2.05, 4.69) is 93.7 Å². The van der Waals surface area contributed by atoms with Gasteiger partial charge in [0.25, 0.3) is 0 Å². The number of allylic oxidation sites excluding steroid dienone is 12. The lowest BCUT2D eigenvalue weighted by atomic mass is 9.98. The van der Waals surface area contributed by atoms with Crippen LogP contribution in [0.25, 0.3) is 0 Å². The molecule has 0 aromatic rings. The summed E-state index contributed by atoms with van der Waals surface area (Å²) in [5, 5.41) is 31.4. The number of carbonyl (C=O) groups excluding carboxylic acids is 3. The maximum absolute atomic E-state index is 13.1. The number of carboxylic acids is 1. The van der Waals surface area contributed by atoms with Gasteiger partial charge in [-0.1, -0.05) is 184 Å². The first-order chi connectivity index (χ1) is 35.6. The highest BCUT2D eigenvalue weighted by atomic mass is 16.7. The third-order valence-electron chi connectivity index (χ3n) is 12.7. The first kappa shape index (κ1) is 67.2. The van der Waals surface area contributed by atoms with E-state index in [1.165, 1.54) is 44.9 Å². The minimum absolute atomic E-state index is 0.0452. The molecule has 418 valence electrons. The molecule has 3 N–H and O–H groups in total. The fourth-order valence-electron chi connectivity index (χ4n) is 8.29. The molecule has 0 radical (unpaired) electrons. The number of aliphatic hydroxyl groups excluding tert-OH is 2. The van der Waals surface area contributed by atoms with Crippen molar-refractivity contribution >= 4 is 23.9 Å². The van der Waals surface area contributed by atoms with E-state index in [1.54, 1.807) is 0 Å².